The molecule has 1 atom stereocenters. The first-order chi connectivity index (χ1) is 15.6. The largest absolute Gasteiger partial charge is 0.490 e. The van der Waals surface area contributed by atoms with E-state index < -0.39 is 5.82 Å². The number of hydrogen-bond acceptors (Lipinski definition) is 3. The van der Waals surface area contributed by atoms with Crippen LogP contribution in [0.25, 0.3) is 0 Å². The third-order valence-electron chi connectivity index (χ3n) is 7.24. The Bertz CT molecular complexity index is 913. The number of carbonyl (C=O) groups is 1. The molecule has 1 heterocycles. The zero-order valence-electron chi connectivity index (χ0n) is 19.4. The van der Waals surface area contributed by atoms with Crippen LogP contribution in [0.5, 0.6) is 11.5 Å². The van der Waals surface area contributed by atoms with E-state index >= 15 is 0 Å². The lowest BCUT2D eigenvalue weighted by molar-refractivity contribution is -0.140. The smallest absolute Gasteiger partial charge is 0.314 e. The second-order valence-corrected chi connectivity index (χ2v) is 9.43. The molecule has 1 aliphatic heterocycles. The van der Waals surface area contributed by atoms with Crippen molar-refractivity contribution in [2.45, 2.75) is 77.6 Å². The van der Waals surface area contributed by atoms with E-state index in [-0.39, 0.29) is 23.4 Å². The highest BCUT2D eigenvalue weighted by atomic mass is 19.1. The zero-order chi connectivity index (χ0) is 22.5. The molecule has 0 spiro atoms. The lowest BCUT2D eigenvalue weighted by Gasteiger charge is -2.30. The maximum atomic E-state index is 14.7. The summed E-state index contributed by atoms with van der Waals surface area (Å²) in [6.45, 7) is 4.60. The van der Waals surface area contributed by atoms with Gasteiger partial charge >= 0.3 is 5.97 Å². The van der Waals surface area contributed by atoms with Crippen molar-refractivity contribution in [1.29, 1.82) is 0 Å². The number of carbonyl (C=O) groups excluding carboxylic acids is 1. The van der Waals surface area contributed by atoms with Crippen LogP contribution in [-0.4, -0.2) is 12.6 Å². The molecule has 0 radical (unpaired) electrons. The first kappa shape index (κ1) is 22.8. The molecular formula is C28H35FO3. The molecule has 0 N–H and O–H groups in total. The Morgan fingerprint density at radius 1 is 1.00 bits per heavy atom. The van der Waals surface area contributed by atoms with Crippen LogP contribution in [-0.2, 0) is 17.6 Å². The van der Waals surface area contributed by atoms with Gasteiger partial charge in [-0.05, 0) is 92.4 Å². The van der Waals surface area contributed by atoms with Gasteiger partial charge in [0.1, 0.15) is 0 Å². The highest BCUT2D eigenvalue weighted by Gasteiger charge is 2.32. The predicted octanol–water partition coefficient (Wildman–Crippen LogP) is 7.01. The summed E-state index contributed by atoms with van der Waals surface area (Å²) in [7, 11) is 0. The summed E-state index contributed by atoms with van der Waals surface area (Å²) in [6.07, 6.45) is 9.16. The van der Waals surface area contributed by atoms with Crippen LogP contribution in [0.3, 0.4) is 0 Å². The molecule has 0 amide bonds. The minimum Gasteiger partial charge on any atom is -0.490 e. The summed E-state index contributed by atoms with van der Waals surface area (Å²) in [5.41, 5.74) is 3.64. The second-order valence-electron chi connectivity index (χ2n) is 9.43. The van der Waals surface area contributed by atoms with Crippen molar-refractivity contribution in [3.05, 3.63) is 58.9 Å². The molecule has 2 aliphatic rings. The average molecular weight is 439 g/mol. The number of aryl methyl sites for hydroxylation is 1. The molecule has 1 unspecified atom stereocenters. The average Bonchev–Trinajstić information content (AvgIpc) is 2.83. The van der Waals surface area contributed by atoms with Gasteiger partial charge in [-0.25, -0.2) is 0 Å². The fourth-order valence-electron chi connectivity index (χ4n) is 5.17. The normalized spacial score (nSPS) is 22.8. The van der Waals surface area contributed by atoms with Gasteiger partial charge in [0.15, 0.2) is 11.5 Å². The summed E-state index contributed by atoms with van der Waals surface area (Å²) >= 11 is 0. The van der Waals surface area contributed by atoms with Crippen molar-refractivity contribution in [1.82, 2.24) is 0 Å². The Labute approximate surface area is 191 Å². The first-order valence-electron chi connectivity index (χ1n) is 12.3. The van der Waals surface area contributed by atoms with Gasteiger partial charge in [-0.2, -0.15) is 4.39 Å². The van der Waals surface area contributed by atoms with Gasteiger partial charge in [0.05, 0.1) is 12.5 Å². The monoisotopic (exact) mass is 438 g/mol. The van der Waals surface area contributed by atoms with Crippen LogP contribution < -0.4 is 9.47 Å². The van der Waals surface area contributed by atoms with Crippen LogP contribution in [0.1, 0.15) is 81.4 Å². The molecule has 2 aromatic rings. The van der Waals surface area contributed by atoms with Gasteiger partial charge in [-0.3, -0.25) is 4.79 Å². The van der Waals surface area contributed by atoms with E-state index in [9.17, 15) is 9.18 Å². The van der Waals surface area contributed by atoms with Crippen molar-refractivity contribution < 1.29 is 18.7 Å². The molecule has 1 saturated carbocycles. The molecule has 0 bridgehead atoms. The second kappa shape index (κ2) is 10.5. The van der Waals surface area contributed by atoms with Crippen LogP contribution >= 0.6 is 0 Å². The van der Waals surface area contributed by atoms with E-state index in [4.69, 9.17) is 9.47 Å². The Kier molecular flexibility index (Phi) is 7.49. The summed E-state index contributed by atoms with van der Waals surface area (Å²) < 4.78 is 25.5. The van der Waals surface area contributed by atoms with E-state index in [0.29, 0.717) is 24.9 Å². The fraction of sp³-hybridized carbons (Fsp3) is 0.536. The molecule has 2 aromatic carbocycles. The van der Waals surface area contributed by atoms with Gasteiger partial charge in [0, 0.05) is 0 Å². The van der Waals surface area contributed by atoms with Gasteiger partial charge < -0.3 is 9.47 Å². The lowest BCUT2D eigenvalue weighted by Crippen LogP contribution is -2.29. The molecule has 0 saturated heterocycles. The molecule has 172 valence electrons. The molecule has 1 aliphatic carbocycles. The summed E-state index contributed by atoms with van der Waals surface area (Å²) in [5.74, 6) is 0.533. The summed E-state index contributed by atoms with van der Waals surface area (Å²) in [6, 6.07) is 12.6. The van der Waals surface area contributed by atoms with E-state index in [1.54, 1.807) is 6.07 Å². The van der Waals surface area contributed by atoms with Crippen LogP contribution in [0.15, 0.2) is 36.4 Å². The topological polar surface area (TPSA) is 35.5 Å². The lowest BCUT2D eigenvalue weighted by atomic mass is 9.76. The number of benzene rings is 2. The fourth-order valence-corrected chi connectivity index (χ4v) is 5.17. The Hall–Kier alpha value is -2.36. The van der Waals surface area contributed by atoms with Crippen LogP contribution in [0.2, 0.25) is 0 Å². The van der Waals surface area contributed by atoms with Gasteiger partial charge in [0.25, 0.3) is 0 Å². The number of ether oxygens (including phenoxy) is 2. The van der Waals surface area contributed by atoms with Gasteiger partial charge in [-0.15, -0.1) is 0 Å². The van der Waals surface area contributed by atoms with Crippen molar-refractivity contribution in [2.75, 3.05) is 6.61 Å². The molecule has 32 heavy (non-hydrogen) atoms. The summed E-state index contributed by atoms with van der Waals surface area (Å²) in [5, 5.41) is 0. The van der Waals surface area contributed by atoms with Crippen molar-refractivity contribution in [3.63, 3.8) is 0 Å². The Morgan fingerprint density at radius 2 is 1.75 bits per heavy atom. The highest BCUT2D eigenvalue weighted by molar-refractivity contribution is 5.78. The predicted molar refractivity (Wildman–Crippen MR) is 125 cm³/mol. The number of fused-ring (bicyclic) bond motifs is 1. The minimum absolute atomic E-state index is 0.0643. The third-order valence-corrected chi connectivity index (χ3v) is 7.24. The van der Waals surface area contributed by atoms with E-state index in [0.717, 1.165) is 31.2 Å². The van der Waals surface area contributed by atoms with Gasteiger partial charge in [0.2, 0.25) is 5.82 Å². The molecular weight excluding hydrogens is 403 g/mol. The van der Waals surface area contributed by atoms with Crippen molar-refractivity contribution in [2.24, 2.45) is 11.8 Å². The van der Waals surface area contributed by atoms with E-state index in [1.165, 1.54) is 36.8 Å². The van der Waals surface area contributed by atoms with E-state index in [2.05, 4.69) is 31.2 Å². The molecule has 0 aromatic heterocycles. The SMILES string of the molecule is CCCOc1ccc2c(c1F)OC(=O)C(CCC1CCC(c3ccc(CC)cc3)CC1)C2. The van der Waals surface area contributed by atoms with Gasteiger partial charge in [-0.1, -0.05) is 44.2 Å². The Balaban J connectivity index is 1.28. The van der Waals surface area contributed by atoms with Crippen LogP contribution in [0, 0.1) is 17.7 Å². The van der Waals surface area contributed by atoms with Crippen molar-refractivity contribution >= 4 is 5.97 Å². The number of hydrogen-bond donors (Lipinski definition) is 0. The van der Waals surface area contributed by atoms with Crippen LogP contribution in [0.4, 0.5) is 4.39 Å². The number of esters is 1. The summed E-state index contributed by atoms with van der Waals surface area (Å²) in [4.78, 5) is 12.6. The quantitative estimate of drug-likeness (QED) is 0.328. The molecule has 4 rings (SSSR count). The maximum Gasteiger partial charge on any atom is 0.314 e. The first-order valence-corrected chi connectivity index (χ1v) is 12.3. The Morgan fingerprint density at radius 3 is 2.44 bits per heavy atom. The standard InChI is InChI=1S/C28H35FO3/c1-3-17-31-25-16-15-23-18-24(28(30)32-27(23)26(25)29)14-9-20-7-12-22(13-8-20)21-10-5-19(4-2)6-11-21/h5-6,10-11,15-16,20,22,24H,3-4,7-9,12-14,17-18H2,1-2H3. The molecule has 1 fully saturated rings. The maximum absolute atomic E-state index is 14.7. The molecule has 4 heteroatoms. The highest BCUT2D eigenvalue weighted by Crippen LogP contribution is 2.40. The number of halogens is 1. The number of rotatable bonds is 8. The zero-order valence-corrected chi connectivity index (χ0v) is 19.4. The molecule has 3 nitrogen and oxygen atoms in total. The van der Waals surface area contributed by atoms with Crippen molar-refractivity contribution in [3.8, 4) is 11.5 Å². The minimum atomic E-state index is -0.548. The van der Waals surface area contributed by atoms with E-state index in [1.807, 2.05) is 13.0 Å². The third kappa shape index (κ3) is 5.16.